The first-order chi connectivity index (χ1) is 5.99. The van der Waals surface area contributed by atoms with Crippen LogP contribution in [-0.2, 0) is 0 Å². The summed E-state index contributed by atoms with van der Waals surface area (Å²) >= 11 is 5.42. The molecule has 1 aliphatic rings. The molecule has 0 spiro atoms. The zero-order chi connectivity index (χ0) is 9.90. The van der Waals surface area contributed by atoms with Gasteiger partial charge in [0.2, 0.25) is 0 Å². The number of rotatable bonds is 3. The van der Waals surface area contributed by atoms with Crippen molar-refractivity contribution in [3.8, 4) is 0 Å². The molecule has 0 saturated carbocycles. The highest BCUT2D eigenvalue weighted by Crippen LogP contribution is 2.33. The van der Waals surface area contributed by atoms with Crippen LogP contribution in [-0.4, -0.2) is 24.1 Å². The molecule has 1 heterocycles. The lowest BCUT2D eigenvalue weighted by molar-refractivity contribution is 0.323. The van der Waals surface area contributed by atoms with Crippen LogP contribution in [0.5, 0.6) is 0 Å². The Morgan fingerprint density at radius 3 is 2.92 bits per heavy atom. The minimum atomic E-state index is 0.494. The molecule has 0 aromatic rings. The van der Waals surface area contributed by atoms with Crippen molar-refractivity contribution < 1.29 is 0 Å². The van der Waals surface area contributed by atoms with Crippen LogP contribution >= 0.6 is 27.7 Å². The van der Waals surface area contributed by atoms with Gasteiger partial charge in [0.05, 0.1) is 0 Å². The highest BCUT2D eigenvalue weighted by atomic mass is 79.9. The van der Waals surface area contributed by atoms with Gasteiger partial charge >= 0.3 is 0 Å². The van der Waals surface area contributed by atoms with Crippen molar-refractivity contribution in [3.63, 3.8) is 0 Å². The molecule has 0 radical (unpaired) electrons. The van der Waals surface area contributed by atoms with Gasteiger partial charge in [0.1, 0.15) is 0 Å². The summed E-state index contributed by atoms with van der Waals surface area (Å²) in [5, 5.41) is 3.51. The molecule has 0 amide bonds. The Balaban J connectivity index is 2.30. The first-order valence-corrected chi connectivity index (χ1v) is 6.59. The van der Waals surface area contributed by atoms with Gasteiger partial charge in [-0.1, -0.05) is 36.4 Å². The molecule has 1 nitrogen and oxygen atoms in total. The molecule has 76 valence electrons. The van der Waals surface area contributed by atoms with Crippen molar-refractivity contribution in [1.82, 2.24) is 5.32 Å². The first-order valence-electron chi connectivity index (χ1n) is 4.64. The van der Waals surface area contributed by atoms with Gasteiger partial charge < -0.3 is 5.32 Å². The van der Waals surface area contributed by atoms with Gasteiger partial charge in [-0.25, -0.2) is 0 Å². The van der Waals surface area contributed by atoms with E-state index in [-0.39, 0.29) is 0 Å². The average Bonchev–Trinajstić information content (AvgIpc) is 1.99. The van der Waals surface area contributed by atoms with Crippen molar-refractivity contribution in [2.45, 2.75) is 26.3 Å². The van der Waals surface area contributed by atoms with E-state index in [1.165, 1.54) is 17.9 Å². The smallest absolute Gasteiger partial charge is 0.0268 e. The standard InChI is InChI=1S/C10H18BrNS/c1-8(11)5-12-9-4-10(2,3)7-13-6-9/h9,12H,1,4-7H2,2-3H3. The summed E-state index contributed by atoms with van der Waals surface area (Å²) in [5.41, 5.74) is 0.494. The Morgan fingerprint density at radius 1 is 1.69 bits per heavy atom. The first kappa shape index (κ1) is 11.6. The quantitative estimate of drug-likeness (QED) is 0.841. The fourth-order valence-corrected chi connectivity index (χ4v) is 3.12. The van der Waals surface area contributed by atoms with Gasteiger partial charge in [0, 0.05) is 22.8 Å². The Kier molecular flexibility index (Phi) is 4.33. The Bertz CT molecular complexity index is 191. The summed E-state index contributed by atoms with van der Waals surface area (Å²) < 4.78 is 1.04. The van der Waals surface area contributed by atoms with Gasteiger partial charge in [-0.15, -0.1) is 0 Å². The summed E-state index contributed by atoms with van der Waals surface area (Å²) in [6.07, 6.45) is 1.28. The predicted molar refractivity (Wildman–Crippen MR) is 65.6 cm³/mol. The van der Waals surface area contributed by atoms with Gasteiger partial charge in [0.15, 0.2) is 0 Å². The van der Waals surface area contributed by atoms with E-state index in [0.717, 1.165) is 11.0 Å². The molecule has 13 heavy (non-hydrogen) atoms. The van der Waals surface area contributed by atoms with E-state index >= 15 is 0 Å². The summed E-state index contributed by atoms with van der Waals surface area (Å²) in [7, 11) is 0. The summed E-state index contributed by atoms with van der Waals surface area (Å²) in [6.45, 7) is 9.40. The number of halogens is 1. The molecule has 0 aliphatic carbocycles. The van der Waals surface area contributed by atoms with Crippen LogP contribution in [0.4, 0.5) is 0 Å². The molecule has 1 aliphatic heterocycles. The third kappa shape index (κ3) is 4.52. The topological polar surface area (TPSA) is 12.0 Å². The Hall–Kier alpha value is 0.530. The number of thioether (sulfide) groups is 1. The molecular formula is C10H18BrNS. The largest absolute Gasteiger partial charge is 0.309 e. The van der Waals surface area contributed by atoms with E-state index < -0.39 is 0 Å². The maximum Gasteiger partial charge on any atom is 0.0268 e. The van der Waals surface area contributed by atoms with Gasteiger partial charge in [-0.3, -0.25) is 0 Å². The molecule has 1 N–H and O–H groups in total. The molecule has 0 aromatic heterocycles. The Morgan fingerprint density at radius 2 is 2.38 bits per heavy atom. The van der Waals surface area contributed by atoms with Crippen molar-refractivity contribution in [2.24, 2.45) is 5.41 Å². The van der Waals surface area contributed by atoms with Gasteiger partial charge in [-0.05, 0) is 17.6 Å². The van der Waals surface area contributed by atoms with E-state index in [9.17, 15) is 0 Å². The van der Waals surface area contributed by atoms with E-state index in [2.05, 4.69) is 53.4 Å². The molecule has 1 fully saturated rings. The second kappa shape index (κ2) is 4.85. The van der Waals surface area contributed by atoms with Gasteiger partial charge in [0.25, 0.3) is 0 Å². The molecule has 3 heteroatoms. The summed E-state index contributed by atoms with van der Waals surface area (Å²) in [4.78, 5) is 0. The second-order valence-electron chi connectivity index (χ2n) is 4.48. The SMILES string of the molecule is C=C(Br)CNC1CSCC(C)(C)C1. The minimum absolute atomic E-state index is 0.494. The lowest BCUT2D eigenvalue weighted by Crippen LogP contribution is -2.40. The molecule has 1 saturated heterocycles. The molecule has 1 unspecified atom stereocenters. The fraction of sp³-hybridized carbons (Fsp3) is 0.800. The monoisotopic (exact) mass is 263 g/mol. The highest BCUT2D eigenvalue weighted by Gasteiger charge is 2.27. The lowest BCUT2D eigenvalue weighted by Gasteiger charge is -2.35. The van der Waals surface area contributed by atoms with Crippen LogP contribution in [0.25, 0.3) is 0 Å². The van der Waals surface area contributed by atoms with Crippen LogP contribution in [0, 0.1) is 5.41 Å². The number of hydrogen-bond donors (Lipinski definition) is 1. The predicted octanol–water partition coefficient (Wildman–Crippen LogP) is 3.02. The summed E-state index contributed by atoms with van der Waals surface area (Å²) in [6, 6.07) is 0.656. The molecule has 1 rings (SSSR count). The van der Waals surface area contributed by atoms with E-state index in [1.54, 1.807) is 0 Å². The Labute approximate surface area is 93.9 Å². The van der Waals surface area contributed by atoms with Crippen molar-refractivity contribution >= 4 is 27.7 Å². The van der Waals surface area contributed by atoms with Crippen LogP contribution in [0.3, 0.4) is 0 Å². The fourth-order valence-electron chi connectivity index (χ4n) is 1.65. The third-order valence-electron chi connectivity index (χ3n) is 2.19. The van der Waals surface area contributed by atoms with Crippen molar-refractivity contribution in [1.29, 1.82) is 0 Å². The van der Waals surface area contributed by atoms with Crippen molar-refractivity contribution in [3.05, 3.63) is 11.1 Å². The van der Waals surface area contributed by atoms with Gasteiger partial charge in [-0.2, -0.15) is 11.8 Å². The van der Waals surface area contributed by atoms with Crippen LogP contribution in [0.2, 0.25) is 0 Å². The van der Waals surface area contributed by atoms with E-state index in [0.29, 0.717) is 11.5 Å². The third-order valence-corrected chi connectivity index (χ3v) is 4.10. The second-order valence-corrected chi connectivity index (χ2v) is 6.63. The van der Waals surface area contributed by atoms with Crippen LogP contribution < -0.4 is 5.32 Å². The molecule has 1 atom stereocenters. The maximum absolute atomic E-state index is 3.82. The lowest BCUT2D eigenvalue weighted by atomic mass is 9.88. The van der Waals surface area contributed by atoms with Crippen molar-refractivity contribution in [2.75, 3.05) is 18.1 Å². The van der Waals surface area contributed by atoms with E-state index in [4.69, 9.17) is 0 Å². The zero-order valence-corrected chi connectivity index (χ0v) is 10.8. The average molecular weight is 264 g/mol. The zero-order valence-electron chi connectivity index (χ0n) is 8.40. The minimum Gasteiger partial charge on any atom is -0.309 e. The highest BCUT2D eigenvalue weighted by molar-refractivity contribution is 9.11. The molecular weight excluding hydrogens is 246 g/mol. The molecule has 0 aromatic carbocycles. The normalized spacial score (nSPS) is 27.2. The number of hydrogen-bond acceptors (Lipinski definition) is 2. The summed E-state index contributed by atoms with van der Waals surface area (Å²) in [5.74, 6) is 2.53. The van der Waals surface area contributed by atoms with Crippen LogP contribution in [0.15, 0.2) is 11.1 Å². The number of nitrogens with one attached hydrogen (secondary N) is 1. The van der Waals surface area contributed by atoms with E-state index in [1.807, 2.05) is 0 Å². The maximum atomic E-state index is 3.82. The molecule has 0 bridgehead atoms. The van der Waals surface area contributed by atoms with Crippen LogP contribution in [0.1, 0.15) is 20.3 Å².